The van der Waals surface area contributed by atoms with Gasteiger partial charge in [-0.2, -0.15) is 4.99 Å². The molecule has 84 valence electrons. The minimum absolute atomic E-state index is 0. The molecule has 0 bridgehead atoms. The van der Waals surface area contributed by atoms with Gasteiger partial charge < -0.3 is 9.88 Å². The molecule has 0 aromatic carbocycles. The van der Waals surface area contributed by atoms with E-state index in [1.807, 2.05) is 23.2 Å². The first-order valence-electron chi connectivity index (χ1n) is 4.69. The van der Waals surface area contributed by atoms with Gasteiger partial charge in [-0.05, 0) is 19.4 Å². The number of carbonyl (C=O) groups is 1. The lowest BCUT2D eigenvalue weighted by atomic mass is 10.2. The molecule has 6 heteroatoms. The van der Waals surface area contributed by atoms with Crippen LogP contribution in [0.15, 0.2) is 16.6 Å². The highest BCUT2D eigenvalue weighted by molar-refractivity contribution is 7.07. The van der Waals surface area contributed by atoms with E-state index < -0.39 is 0 Å². The van der Waals surface area contributed by atoms with E-state index in [0.717, 1.165) is 24.2 Å². The maximum absolute atomic E-state index is 11.6. The molecule has 2 heterocycles. The molecule has 1 saturated heterocycles. The molecule has 15 heavy (non-hydrogen) atoms. The minimum Gasteiger partial charge on any atom is -0.327 e. The summed E-state index contributed by atoms with van der Waals surface area (Å²) in [4.78, 5) is 16.5. The molecule has 0 saturated carbocycles. The van der Waals surface area contributed by atoms with Crippen molar-refractivity contribution in [3.63, 3.8) is 0 Å². The van der Waals surface area contributed by atoms with E-state index in [1.165, 1.54) is 11.3 Å². The molecule has 1 atom stereocenters. The molecule has 1 aliphatic heterocycles. The lowest BCUT2D eigenvalue weighted by Gasteiger charge is -2.02. The van der Waals surface area contributed by atoms with Crippen molar-refractivity contribution in [1.82, 2.24) is 9.88 Å². The summed E-state index contributed by atoms with van der Waals surface area (Å²) < 4.78 is 1.86. The number of aryl methyl sites for hydroxylation is 1. The highest BCUT2D eigenvalue weighted by Crippen LogP contribution is 2.05. The predicted molar refractivity (Wildman–Crippen MR) is 62.1 cm³/mol. The molecule has 1 aliphatic rings. The number of hydrogen-bond acceptors (Lipinski definition) is 3. The first-order valence-corrected chi connectivity index (χ1v) is 5.57. The Hall–Kier alpha value is -0.650. The Morgan fingerprint density at radius 1 is 1.73 bits per heavy atom. The number of nitrogens with one attached hydrogen (secondary N) is 1. The summed E-state index contributed by atoms with van der Waals surface area (Å²) in [6.07, 6.45) is 3.89. The zero-order valence-electron chi connectivity index (χ0n) is 8.47. The van der Waals surface area contributed by atoms with Crippen molar-refractivity contribution in [2.24, 2.45) is 12.0 Å². The van der Waals surface area contributed by atoms with Crippen molar-refractivity contribution in [1.29, 1.82) is 0 Å². The van der Waals surface area contributed by atoms with E-state index >= 15 is 0 Å². The van der Waals surface area contributed by atoms with Crippen LogP contribution in [0.4, 0.5) is 0 Å². The van der Waals surface area contributed by atoms with Crippen LogP contribution in [0.2, 0.25) is 0 Å². The number of halogens is 1. The lowest BCUT2D eigenvalue weighted by Crippen LogP contribution is -2.31. The molecule has 0 aliphatic carbocycles. The average Bonchev–Trinajstić information content (AvgIpc) is 2.77. The Balaban J connectivity index is 0.00000112. The minimum atomic E-state index is -0.0582. The summed E-state index contributed by atoms with van der Waals surface area (Å²) in [5.74, 6) is -0.0412. The predicted octanol–water partition coefficient (Wildman–Crippen LogP) is 0.688. The van der Waals surface area contributed by atoms with Crippen molar-refractivity contribution in [2.75, 3.05) is 6.54 Å². The summed E-state index contributed by atoms with van der Waals surface area (Å²) in [7, 11) is 1.89. The third kappa shape index (κ3) is 2.90. The highest BCUT2D eigenvalue weighted by atomic mass is 35.5. The number of carbonyl (C=O) groups excluding carboxylic acids is 1. The van der Waals surface area contributed by atoms with Crippen LogP contribution < -0.4 is 10.1 Å². The average molecular weight is 248 g/mol. The summed E-state index contributed by atoms with van der Waals surface area (Å²) in [6.45, 7) is 0.933. The Labute approximate surface area is 98.4 Å². The number of aromatic nitrogens is 1. The first-order chi connectivity index (χ1) is 6.77. The van der Waals surface area contributed by atoms with E-state index in [1.54, 1.807) is 0 Å². The van der Waals surface area contributed by atoms with Crippen LogP contribution in [0.3, 0.4) is 0 Å². The van der Waals surface area contributed by atoms with Gasteiger partial charge in [-0.1, -0.05) is 0 Å². The summed E-state index contributed by atoms with van der Waals surface area (Å²) in [5.41, 5.74) is 0. The number of rotatable bonds is 1. The van der Waals surface area contributed by atoms with Gasteiger partial charge in [-0.3, -0.25) is 4.79 Å². The molecule has 1 amide bonds. The summed E-state index contributed by atoms with van der Waals surface area (Å²) in [6, 6.07) is -0.0582. The van der Waals surface area contributed by atoms with Gasteiger partial charge in [-0.25, -0.2) is 0 Å². The number of hydrogen-bond donors (Lipinski definition) is 1. The second-order valence-corrected chi connectivity index (χ2v) is 4.27. The molecule has 0 spiro atoms. The van der Waals surface area contributed by atoms with Crippen LogP contribution in [0.25, 0.3) is 0 Å². The van der Waals surface area contributed by atoms with Gasteiger partial charge >= 0.3 is 0 Å². The second kappa shape index (κ2) is 5.44. The van der Waals surface area contributed by atoms with Crippen LogP contribution in [0, 0.1) is 0 Å². The largest absolute Gasteiger partial charge is 0.327 e. The maximum atomic E-state index is 11.6. The van der Waals surface area contributed by atoms with Gasteiger partial charge in [0.1, 0.15) is 0 Å². The molecule has 1 aromatic heterocycles. The fourth-order valence-electron chi connectivity index (χ4n) is 1.50. The van der Waals surface area contributed by atoms with Gasteiger partial charge in [0.15, 0.2) is 4.80 Å². The highest BCUT2D eigenvalue weighted by Gasteiger charge is 2.21. The van der Waals surface area contributed by atoms with Gasteiger partial charge in [-0.15, -0.1) is 23.7 Å². The van der Waals surface area contributed by atoms with Crippen LogP contribution in [0.5, 0.6) is 0 Å². The summed E-state index contributed by atoms with van der Waals surface area (Å²) >= 11 is 1.48. The standard InChI is InChI=1S/C9H13N3OS.ClH/c1-12-5-6-14-9(12)11-8(13)7-3-2-4-10-7;/h5-7,10H,2-4H2,1H3;1H/t7-;/m1./s1. The zero-order valence-corrected chi connectivity index (χ0v) is 10.1. The van der Waals surface area contributed by atoms with Crippen LogP contribution in [-0.2, 0) is 11.8 Å². The summed E-state index contributed by atoms with van der Waals surface area (Å²) in [5, 5.41) is 5.07. The van der Waals surface area contributed by atoms with E-state index in [2.05, 4.69) is 10.3 Å². The zero-order chi connectivity index (χ0) is 9.97. The van der Waals surface area contributed by atoms with E-state index in [4.69, 9.17) is 0 Å². The van der Waals surface area contributed by atoms with E-state index in [0.29, 0.717) is 0 Å². The molecule has 1 fully saturated rings. The monoisotopic (exact) mass is 247 g/mol. The third-order valence-electron chi connectivity index (χ3n) is 2.32. The fraction of sp³-hybridized carbons (Fsp3) is 0.556. The molecule has 2 rings (SSSR count). The molecule has 1 aromatic rings. The Bertz CT molecular complexity index is 392. The topological polar surface area (TPSA) is 46.4 Å². The lowest BCUT2D eigenvalue weighted by molar-refractivity contribution is -0.119. The van der Waals surface area contributed by atoms with Crippen molar-refractivity contribution in [3.8, 4) is 0 Å². The molecular formula is C9H14ClN3OS. The molecule has 1 N–H and O–H groups in total. The molecule has 0 radical (unpaired) electrons. The van der Waals surface area contributed by atoms with Crippen LogP contribution in [-0.4, -0.2) is 23.1 Å². The van der Waals surface area contributed by atoms with Crippen molar-refractivity contribution >= 4 is 29.7 Å². The van der Waals surface area contributed by atoms with Gasteiger partial charge in [0.2, 0.25) is 0 Å². The fourth-order valence-corrected chi connectivity index (χ4v) is 2.24. The number of thiazole rings is 1. The van der Waals surface area contributed by atoms with Crippen LogP contribution >= 0.6 is 23.7 Å². The Morgan fingerprint density at radius 2 is 2.53 bits per heavy atom. The van der Waals surface area contributed by atoms with E-state index in [9.17, 15) is 4.79 Å². The van der Waals surface area contributed by atoms with E-state index in [-0.39, 0.29) is 24.4 Å². The third-order valence-corrected chi connectivity index (χ3v) is 3.17. The smallest absolute Gasteiger partial charge is 0.265 e. The van der Waals surface area contributed by atoms with Gasteiger partial charge in [0.05, 0.1) is 6.04 Å². The number of nitrogens with zero attached hydrogens (tertiary/aromatic N) is 2. The molecular weight excluding hydrogens is 234 g/mol. The Kier molecular flexibility index (Phi) is 4.50. The number of amides is 1. The van der Waals surface area contributed by atoms with Gasteiger partial charge in [0, 0.05) is 18.6 Å². The van der Waals surface area contributed by atoms with Gasteiger partial charge in [0.25, 0.3) is 5.91 Å². The first kappa shape index (κ1) is 12.4. The molecule has 0 unspecified atom stereocenters. The SMILES string of the molecule is Cl.Cn1ccsc1=NC(=O)[C@H]1CCCN1. The van der Waals surface area contributed by atoms with Crippen molar-refractivity contribution in [2.45, 2.75) is 18.9 Å². The molecule has 4 nitrogen and oxygen atoms in total. The van der Waals surface area contributed by atoms with Crippen LogP contribution in [0.1, 0.15) is 12.8 Å². The van der Waals surface area contributed by atoms with Crippen molar-refractivity contribution < 1.29 is 4.79 Å². The normalized spacial score (nSPS) is 21.4. The quantitative estimate of drug-likeness (QED) is 0.794. The van der Waals surface area contributed by atoms with Crippen molar-refractivity contribution in [3.05, 3.63) is 16.4 Å². The second-order valence-electron chi connectivity index (χ2n) is 3.40. The maximum Gasteiger partial charge on any atom is 0.265 e. The Morgan fingerprint density at radius 3 is 3.07 bits per heavy atom.